The Balaban J connectivity index is 2.42. The van der Waals surface area contributed by atoms with Crippen molar-refractivity contribution >= 4 is 14.2 Å². The summed E-state index contributed by atoms with van der Waals surface area (Å²) in [5.74, 6) is -0.268. The van der Waals surface area contributed by atoms with E-state index in [-0.39, 0.29) is 6.61 Å². The predicted molar refractivity (Wildman–Crippen MR) is 59.7 cm³/mol. The summed E-state index contributed by atoms with van der Waals surface area (Å²) < 4.78 is 25.9. The summed E-state index contributed by atoms with van der Waals surface area (Å²) in [6.07, 6.45) is 2.02. The Morgan fingerprint density at radius 3 is 2.94 bits per heavy atom. The van der Waals surface area contributed by atoms with Crippen molar-refractivity contribution in [1.29, 1.82) is 0 Å². The molecule has 1 aromatic heterocycles. The van der Waals surface area contributed by atoms with Gasteiger partial charge in [0.15, 0.2) is 0 Å². The van der Waals surface area contributed by atoms with Crippen LogP contribution in [-0.2, 0) is 18.6 Å². The van der Waals surface area contributed by atoms with Crippen LogP contribution in [0.15, 0.2) is 24.5 Å². The molecule has 0 spiro atoms. The van der Waals surface area contributed by atoms with Crippen molar-refractivity contribution in [3.05, 3.63) is 24.5 Å². The number of ether oxygens (including phenoxy) is 1. The highest BCUT2D eigenvalue weighted by atomic mass is 31.1. The molecule has 0 radical (unpaired) electrons. The van der Waals surface area contributed by atoms with Crippen molar-refractivity contribution in [3.8, 4) is 5.75 Å². The molecule has 0 saturated heterocycles. The Hall–Kier alpha value is -1.52. The minimum Gasteiger partial charge on any atom is -0.464 e. The Kier molecular flexibility index (Phi) is 5.52. The van der Waals surface area contributed by atoms with Crippen LogP contribution in [0, 0.1) is 0 Å². The van der Waals surface area contributed by atoms with Gasteiger partial charge in [-0.2, -0.15) is 0 Å². The molecule has 7 heteroatoms. The fraction of sp³-hybridized carbons (Fsp3) is 0.400. The van der Waals surface area contributed by atoms with Crippen LogP contribution in [-0.4, -0.2) is 23.7 Å². The molecule has 17 heavy (non-hydrogen) atoms. The van der Waals surface area contributed by atoms with Gasteiger partial charge in [-0.1, -0.05) is 4.52 Å². The minimum absolute atomic E-state index is 0.243. The number of nitrogens with zero attached hydrogens (tertiary/aromatic N) is 1. The van der Waals surface area contributed by atoms with Crippen molar-refractivity contribution in [3.63, 3.8) is 0 Å². The molecule has 0 amide bonds. The van der Waals surface area contributed by atoms with E-state index in [1.165, 1.54) is 13.1 Å². The summed E-state index contributed by atoms with van der Waals surface area (Å²) in [5.41, 5.74) is 0. The summed E-state index contributed by atoms with van der Waals surface area (Å²) in [7, 11) is -2.43. The number of rotatable bonds is 6. The molecule has 0 aliphatic carbocycles. The fourth-order valence-corrected chi connectivity index (χ4v) is 1.61. The molecule has 2 atom stereocenters. The van der Waals surface area contributed by atoms with Crippen LogP contribution in [0.4, 0.5) is 0 Å². The minimum atomic E-state index is -2.43. The first-order valence-electron chi connectivity index (χ1n) is 5.02. The second-order valence-electron chi connectivity index (χ2n) is 3.00. The van der Waals surface area contributed by atoms with Crippen LogP contribution in [0.25, 0.3) is 0 Å². The molecule has 0 aromatic carbocycles. The molecule has 0 N–H and O–H groups in total. The zero-order valence-electron chi connectivity index (χ0n) is 9.53. The molecule has 0 fully saturated rings. The summed E-state index contributed by atoms with van der Waals surface area (Å²) in [6, 6.07) is 3.21. The summed E-state index contributed by atoms with van der Waals surface area (Å²) >= 11 is 0. The Morgan fingerprint density at radius 1 is 1.59 bits per heavy atom. The highest BCUT2D eigenvalue weighted by Gasteiger charge is 2.31. The Bertz CT molecular complexity index is 384. The van der Waals surface area contributed by atoms with Crippen LogP contribution in [0.1, 0.15) is 13.8 Å². The third-order valence-electron chi connectivity index (χ3n) is 1.68. The van der Waals surface area contributed by atoms with Crippen molar-refractivity contribution in [2.45, 2.75) is 20.0 Å². The normalized spacial score (nSPS) is 12.7. The smallest absolute Gasteiger partial charge is 0.464 e. The summed E-state index contributed by atoms with van der Waals surface area (Å²) in [4.78, 5) is 15.0. The Morgan fingerprint density at radius 2 is 2.35 bits per heavy atom. The van der Waals surface area contributed by atoms with E-state index >= 15 is 0 Å². The first kappa shape index (κ1) is 13.5. The maximum atomic E-state index is 11.4. The Labute approximate surface area is 99.9 Å². The number of carbonyl (C=O) groups excluding carboxylic acids is 1. The second kappa shape index (κ2) is 6.93. The predicted octanol–water partition coefficient (Wildman–Crippen LogP) is 2.09. The van der Waals surface area contributed by atoms with E-state index in [1.54, 1.807) is 25.3 Å². The third-order valence-corrected chi connectivity index (χ3v) is 2.53. The van der Waals surface area contributed by atoms with Crippen LogP contribution in [0.3, 0.4) is 0 Å². The summed E-state index contributed by atoms with van der Waals surface area (Å²) in [6.45, 7) is 3.36. The number of aromatic nitrogens is 1. The van der Waals surface area contributed by atoms with E-state index in [0.29, 0.717) is 5.75 Å². The lowest BCUT2D eigenvalue weighted by Crippen LogP contribution is -2.21. The van der Waals surface area contributed by atoms with Gasteiger partial charge in [0, 0.05) is 10.8 Å². The van der Waals surface area contributed by atoms with E-state index in [9.17, 15) is 9.36 Å². The molecule has 0 bridgehead atoms. The number of esters is 1. The molecule has 1 rings (SSSR count). The maximum absolute atomic E-state index is 11.4. The zero-order valence-corrected chi connectivity index (χ0v) is 10.4. The average Bonchev–Trinajstić information content (AvgIpc) is 2.30. The molecule has 0 saturated carbocycles. The molecular weight excluding hydrogens is 245 g/mol. The first-order valence-corrected chi connectivity index (χ1v) is 6.11. The lowest BCUT2D eigenvalue weighted by atomic mass is 10.4. The van der Waals surface area contributed by atoms with Gasteiger partial charge in [0.25, 0.3) is 0 Å². The SMILES string of the molecule is CCOC(=O)C(C)O[P+](=O)Oc1cccnc1. The van der Waals surface area contributed by atoms with Crippen molar-refractivity contribution in [2.24, 2.45) is 0 Å². The second-order valence-corrected chi connectivity index (χ2v) is 3.84. The number of pyridine rings is 1. The quantitative estimate of drug-likeness (QED) is 0.574. The zero-order chi connectivity index (χ0) is 12.7. The molecule has 2 unspecified atom stereocenters. The fourth-order valence-electron chi connectivity index (χ4n) is 0.940. The van der Waals surface area contributed by atoms with E-state index in [2.05, 4.69) is 4.98 Å². The first-order chi connectivity index (χ1) is 8.13. The van der Waals surface area contributed by atoms with E-state index in [4.69, 9.17) is 13.8 Å². The topological polar surface area (TPSA) is 74.7 Å². The average molecular weight is 258 g/mol. The molecule has 92 valence electrons. The van der Waals surface area contributed by atoms with E-state index < -0.39 is 20.3 Å². The van der Waals surface area contributed by atoms with Crippen LogP contribution < -0.4 is 4.52 Å². The van der Waals surface area contributed by atoms with Gasteiger partial charge in [-0.3, -0.25) is 4.98 Å². The molecule has 0 aliphatic heterocycles. The van der Waals surface area contributed by atoms with Gasteiger partial charge in [0.1, 0.15) is 0 Å². The van der Waals surface area contributed by atoms with Gasteiger partial charge in [0.05, 0.1) is 12.8 Å². The number of hydrogen-bond acceptors (Lipinski definition) is 6. The lowest BCUT2D eigenvalue weighted by molar-refractivity contribution is -0.150. The highest BCUT2D eigenvalue weighted by Crippen LogP contribution is 2.28. The lowest BCUT2D eigenvalue weighted by Gasteiger charge is -2.03. The van der Waals surface area contributed by atoms with E-state index in [1.807, 2.05) is 0 Å². The molecule has 6 nitrogen and oxygen atoms in total. The van der Waals surface area contributed by atoms with Gasteiger partial charge < -0.3 is 4.74 Å². The molecule has 0 aliphatic rings. The number of hydrogen-bond donors (Lipinski definition) is 0. The van der Waals surface area contributed by atoms with Crippen molar-refractivity contribution < 1.29 is 23.1 Å². The molecule has 1 aromatic rings. The monoisotopic (exact) mass is 258 g/mol. The van der Waals surface area contributed by atoms with Crippen LogP contribution in [0.5, 0.6) is 5.75 Å². The van der Waals surface area contributed by atoms with Crippen molar-refractivity contribution in [1.82, 2.24) is 4.98 Å². The van der Waals surface area contributed by atoms with Crippen LogP contribution >= 0.6 is 8.25 Å². The standard InChI is InChI=1S/C10H13NO5P/c1-3-14-10(12)8(2)15-17(13)16-9-5-4-6-11-7-9/h4-8H,3H2,1-2H3/q+1. The van der Waals surface area contributed by atoms with Gasteiger partial charge in [-0.05, 0) is 26.0 Å². The summed E-state index contributed by atoms with van der Waals surface area (Å²) in [5, 5.41) is 0. The number of carbonyl (C=O) groups is 1. The third kappa shape index (κ3) is 4.89. The van der Waals surface area contributed by atoms with Crippen molar-refractivity contribution in [2.75, 3.05) is 6.61 Å². The van der Waals surface area contributed by atoms with Gasteiger partial charge in [-0.25, -0.2) is 9.32 Å². The van der Waals surface area contributed by atoms with Gasteiger partial charge in [0.2, 0.25) is 11.9 Å². The van der Waals surface area contributed by atoms with Gasteiger partial charge in [-0.15, -0.1) is 0 Å². The highest BCUT2D eigenvalue weighted by molar-refractivity contribution is 7.33. The largest absolute Gasteiger partial charge is 0.751 e. The van der Waals surface area contributed by atoms with Crippen LogP contribution in [0.2, 0.25) is 0 Å². The van der Waals surface area contributed by atoms with Gasteiger partial charge >= 0.3 is 14.2 Å². The molecular formula is C10H13NO5P+. The maximum Gasteiger partial charge on any atom is 0.751 e. The van der Waals surface area contributed by atoms with E-state index in [0.717, 1.165) is 0 Å². The molecule has 1 heterocycles.